The molecule has 2 aromatic heterocycles. The summed E-state index contributed by atoms with van der Waals surface area (Å²) in [7, 11) is 1.84. The highest BCUT2D eigenvalue weighted by atomic mass is 35.5. The van der Waals surface area contributed by atoms with Gasteiger partial charge in [0, 0.05) is 23.0 Å². The summed E-state index contributed by atoms with van der Waals surface area (Å²) in [4.78, 5) is 4.64. The van der Waals surface area contributed by atoms with E-state index in [0.29, 0.717) is 0 Å². The van der Waals surface area contributed by atoms with Gasteiger partial charge in [-0.05, 0) is 6.07 Å². The number of anilines is 1. The van der Waals surface area contributed by atoms with Crippen LogP contribution in [0.2, 0.25) is 5.02 Å². The van der Waals surface area contributed by atoms with Gasteiger partial charge in [-0.1, -0.05) is 52.9 Å². The molecular formula is C13H11ClN4S3. The summed E-state index contributed by atoms with van der Waals surface area (Å²) in [6, 6.07) is 7.75. The lowest BCUT2D eigenvalue weighted by Crippen LogP contribution is -1.84. The number of nitrogens with one attached hydrogen (secondary N) is 1. The zero-order chi connectivity index (χ0) is 14.7. The van der Waals surface area contributed by atoms with Crippen molar-refractivity contribution in [2.75, 3.05) is 12.4 Å². The van der Waals surface area contributed by atoms with Gasteiger partial charge in [0.2, 0.25) is 5.13 Å². The monoisotopic (exact) mass is 354 g/mol. The van der Waals surface area contributed by atoms with E-state index in [1.165, 1.54) is 0 Å². The molecule has 4 nitrogen and oxygen atoms in total. The van der Waals surface area contributed by atoms with Gasteiger partial charge < -0.3 is 5.32 Å². The van der Waals surface area contributed by atoms with E-state index in [4.69, 9.17) is 11.6 Å². The first kappa shape index (κ1) is 14.8. The molecule has 0 unspecified atom stereocenters. The van der Waals surface area contributed by atoms with Crippen LogP contribution in [0.5, 0.6) is 0 Å². The lowest BCUT2D eigenvalue weighted by atomic mass is 10.2. The number of rotatable bonds is 5. The lowest BCUT2D eigenvalue weighted by molar-refractivity contribution is 1.01. The van der Waals surface area contributed by atoms with Crippen molar-refractivity contribution in [3.8, 4) is 11.3 Å². The van der Waals surface area contributed by atoms with E-state index in [2.05, 4.69) is 20.5 Å². The second-order valence-electron chi connectivity index (χ2n) is 4.02. The normalized spacial score (nSPS) is 10.8. The molecule has 0 fully saturated rings. The number of hydrogen-bond donors (Lipinski definition) is 1. The Morgan fingerprint density at radius 3 is 2.90 bits per heavy atom. The van der Waals surface area contributed by atoms with Crippen molar-refractivity contribution in [1.82, 2.24) is 15.2 Å². The van der Waals surface area contributed by atoms with Crippen LogP contribution in [0.3, 0.4) is 0 Å². The first-order chi connectivity index (χ1) is 10.3. The zero-order valence-electron chi connectivity index (χ0n) is 11.0. The van der Waals surface area contributed by atoms with Crippen LogP contribution in [0.15, 0.2) is 34.0 Å². The van der Waals surface area contributed by atoms with Crippen LogP contribution >= 0.6 is 46.0 Å². The summed E-state index contributed by atoms with van der Waals surface area (Å²) in [6.07, 6.45) is 0. The summed E-state index contributed by atoms with van der Waals surface area (Å²) in [5.41, 5.74) is 1.90. The number of thioether (sulfide) groups is 1. The van der Waals surface area contributed by atoms with E-state index in [0.717, 1.165) is 36.5 Å². The molecule has 21 heavy (non-hydrogen) atoms. The summed E-state index contributed by atoms with van der Waals surface area (Å²) in [5.74, 6) is 0.785. The van der Waals surface area contributed by atoms with Crippen molar-refractivity contribution < 1.29 is 0 Å². The molecule has 0 bridgehead atoms. The largest absolute Gasteiger partial charge is 0.363 e. The minimum absolute atomic E-state index is 0.727. The Morgan fingerprint density at radius 1 is 1.29 bits per heavy atom. The lowest BCUT2D eigenvalue weighted by Gasteiger charge is -1.98. The average Bonchev–Trinajstić information content (AvgIpc) is 3.14. The van der Waals surface area contributed by atoms with Crippen molar-refractivity contribution in [3.05, 3.63) is 39.7 Å². The molecule has 0 saturated heterocycles. The van der Waals surface area contributed by atoms with Crippen molar-refractivity contribution in [3.63, 3.8) is 0 Å². The Kier molecular flexibility index (Phi) is 4.74. The molecule has 0 atom stereocenters. The van der Waals surface area contributed by atoms with Gasteiger partial charge in [0.1, 0.15) is 5.01 Å². The van der Waals surface area contributed by atoms with Crippen LogP contribution in [0, 0.1) is 0 Å². The SMILES string of the molecule is CNc1nnc(SCc2nc(-c3ccccc3Cl)cs2)s1. The first-order valence-corrected chi connectivity index (χ1v) is 9.15. The molecule has 0 aliphatic carbocycles. The molecule has 0 amide bonds. The molecule has 0 saturated carbocycles. The fraction of sp³-hybridized carbons (Fsp3) is 0.154. The van der Waals surface area contributed by atoms with E-state index in [1.54, 1.807) is 34.4 Å². The number of halogens is 1. The Labute approximate surface area is 139 Å². The van der Waals surface area contributed by atoms with Gasteiger partial charge in [0.25, 0.3) is 0 Å². The maximum absolute atomic E-state index is 6.20. The third-order valence-electron chi connectivity index (χ3n) is 2.64. The number of benzene rings is 1. The van der Waals surface area contributed by atoms with Crippen LogP contribution in [0.25, 0.3) is 11.3 Å². The van der Waals surface area contributed by atoms with Crippen LogP contribution < -0.4 is 5.32 Å². The maximum Gasteiger partial charge on any atom is 0.206 e. The van der Waals surface area contributed by atoms with Gasteiger partial charge in [-0.2, -0.15) is 0 Å². The third kappa shape index (κ3) is 3.55. The predicted molar refractivity (Wildman–Crippen MR) is 91.6 cm³/mol. The molecule has 1 aromatic carbocycles. The zero-order valence-corrected chi connectivity index (χ0v) is 14.2. The standard InChI is InChI=1S/C13H11ClN4S3/c1-15-12-17-18-13(21-12)20-7-11-16-10(6-19-11)8-4-2-3-5-9(8)14/h2-6H,7H2,1H3,(H,15,17). The Hall–Kier alpha value is -1.15. The summed E-state index contributed by atoms with van der Waals surface area (Å²) in [5, 5.41) is 15.7. The van der Waals surface area contributed by atoms with E-state index in [9.17, 15) is 0 Å². The molecule has 0 radical (unpaired) electrons. The second-order valence-corrected chi connectivity index (χ2v) is 7.57. The molecule has 0 aliphatic heterocycles. The number of aromatic nitrogens is 3. The molecule has 1 N–H and O–H groups in total. The minimum atomic E-state index is 0.727. The topological polar surface area (TPSA) is 50.7 Å². The smallest absolute Gasteiger partial charge is 0.206 e. The van der Waals surface area contributed by atoms with Crippen LogP contribution in [-0.4, -0.2) is 22.2 Å². The number of nitrogens with zero attached hydrogens (tertiary/aromatic N) is 3. The van der Waals surface area contributed by atoms with E-state index in [1.807, 2.05) is 36.7 Å². The highest BCUT2D eigenvalue weighted by molar-refractivity contribution is 8.00. The molecule has 0 spiro atoms. The van der Waals surface area contributed by atoms with Crippen molar-refractivity contribution in [2.24, 2.45) is 0 Å². The van der Waals surface area contributed by atoms with Gasteiger partial charge in [0.15, 0.2) is 4.34 Å². The highest BCUT2D eigenvalue weighted by Crippen LogP contribution is 2.32. The Balaban J connectivity index is 1.69. The fourth-order valence-electron chi connectivity index (χ4n) is 1.66. The molecule has 3 aromatic rings. The van der Waals surface area contributed by atoms with Gasteiger partial charge >= 0.3 is 0 Å². The molecule has 108 valence electrons. The summed E-state index contributed by atoms with van der Waals surface area (Å²) < 4.78 is 0.939. The predicted octanol–water partition coefficient (Wildman–Crippen LogP) is 4.65. The van der Waals surface area contributed by atoms with Gasteiger partial charge in [-0.3, -0.25) is 0 Å². The van der Waals surface area contributed by atoms with Crippen molar-refractivity contribution in [2.45, 2.75) is 10.1 Å². The fourth-order valence-corrected chi connectivity index (χ4v) is 4.41. The average molecular weight is 355 g/mol. The van der Waals surface area contributed by atoms with Gasteiger partial charge in [-0.25, -0.2) is 4.98 Å². The van der Waals surface area contributed by atoms with E-state index >= 15 is 0 Å². The van der Waals surface area contributed by atoms with Gasteiger partial charge in [-0.15, -0.1) is 21.5 Å². The molecule has 0 aliphatic rings. The number of thiazole rings is 1. The van der Waals surface area contributed by atoms with Crippen molar-refractivity contribution in [1.29, 1.82) is 0 Å². The van der Waals surface area contributed by atoms with Crippen molar-refractivity contribution >= 4 is 51.2 Å². The van der Waals surface area contributed by atoms with Gasteiger partial charge in [0.05, 0.1) is 11.4 Å². The van der Waals surface area contributed by atoms with E-state index < -0.39 is 0 Å². The maximum atomic E-state index is 6.20. The Bertz CT molecular complexity index is 740. The summed E-state index contributed by atoms with van der Waals surface area (Å²) >= 11 is 11.0. The highest BCUT2D eigenvalue weighted by Gasteiger charge is 2.09. The first-order valence-electron chi connectivity index (χ1n) is 6.09. The molecule has 2 heterocycles. The number of hydrogen-bond acceptors (Lipinski definition) is 7. The molecule has 8 heteroatoms. The van der Waals surface area contributed by atoms with Crippen LogP contribution in [-0.2, 0) is 5.75 Å². The third-order valence-corrected chi connectivity index (χ3v) is 6.09. The van der Waals surface area contributed by atoms with E-state index in [-0.39, 0.29) is 0 Å². The quantitative estimate of drug-likeness (QED) is 0.676. The molecular weight excluding hydrogens is 344 g/mol. The summed E-state index contributed by atoms with van der Waals surface area (Å²) in [6.45, 7) is 0. The van der Waals surface area contributed by atoms with Crippen LogP contribution in [0.1, 0.15) is 5.01 Å². The Morgan fingerprint density at radius 2 is 2.14 bits per heavy atom. The minimum Gasteiger partial charge on any atom is -0.363 e. The second kappa shape index (κ2) is 6.74. The van der Waals surface area contributed by atoms with Crippen LogP contribution in [0.4, 0.5) is 5.13 Å². The molecule has 3 rings (SSSR count).